The third kappa shape index (κ3) is 3.98. The van der Waals surface area contributed by atoms with E-state index < -0.39 is 0 Å². The average Bonchev–Trinajstić information content (AvgIpc) is 2.57. The number of rotatable bonds is 4. The molecule has 0 spiro atoms. The fourth-order valence-corrected chi connectivity index (χ4v) is 2.64. The molecule has 3 heterocycles. The first-order chi connectivity index (χ1) is 11.1. The Morgan fingerprint density at radius 1 is 1.17 bits per heavy atom. The summed E-state index contributed by atoms with van der Waals surface area (Å²) in [5.74, 6) is 2.32. The molecule has 122 valence electrons. The van der Waals surface area contributed by atoms with Gasteiger partial charge in [-0.2, -0.15) is 4.98 Å². The van der Waals surface area contributed by atoms with Crippen molar-refractivity contribution < 1.29 is 0 Å². The predicted octanol–water partition coefficient (Wildman–Crippen LogP) is 2.07. The van der Waals surface area contributed by atoms with Crippen molar-refractivity contribution in [3.05, 3.63) is 29.7 Å². The van der Waals surface area contributed by atoms with Crippen molar-refractivity contribution in [1.82, 2.24) is 19.9 Å². The summed E-state index contributed by atoms with van der Waals surface area (Å²) >= 11 is 5.83. The monoisotopic (exact) mass is 333 g/mol. The van der Waals surface area contributed by atoms with Crippen molar-refractivity contribution in [2.45, 2.75) is 18.9 Å². The number of halogens is 1. The van der Waals surface area contributed by atoms with Crippen LogP contribution in [-0.4, -0.2) is 53.2 Å². The van der Waals surface area contributed by atoms with Crippen molar-refractivity contribution >= 4 is 29.3 Å². The Labute approximate surface area is 140 Å². The average molecular weight is 334 g/mol. The number of anilines is 3. The van der Waals surface area contributed by atoms with Crippen LogP contribution in [0.15, 0.2) is 24.7 Å². The lowest BCUT2D eigenvalue weighted by Gasteiger charge is -2.32. The topological polar surface area (TPSA) is 70.1 Å². The van der Waals surface area contributed by atoms with Crippen molar-refractivity contribution in [3.63, 3.8) is 0 Å². The summed E-state index contributed by atoms with van der Waals surface area (Å²) in [4.78, 5) is 21.4. The quantitative estimate of drug-likeness (QED) is 0.918. The zero-order chi connectivity index (χ0) is 16.2. The Hall–Kier alpha value is -2.15. The number of nitrogens with one attached hydrogen (secondary N) is 1. The highest BCUT2D eigenvalue weighted by Gasteiger charge is 2.21. The lowest BCUT2D eigenvalue weighted by molar-refractivity contribution is 0.518. The highest BCUT2D eigenvalue weighted by atomic mass is 35.5. The van der Waals surface area contributed by atoms with Crippen LogP contribution in [0.4, 0.5) is 17.7 Å². The predicted molar refractivity (Wildman–Crippen MR) is 92.3 cm³/mol. The molecule has 0 aliphatic carbocycles. The molecule has 3 rings (SSSR count). The van der Waals surface area contributed by atoms with Gasteiger partial charge >= 0.3 is 0 Å². The summed E-state index contributed by atoms with van der Waals surface area (Å²) in [6.07, 6.45) is 7.07. The second-order valence-corrected chi connectivity index (χ2v) is 6.18. The second-order valence-electron chi connectivity index (χ2n) is 5.74. The first-order valence-electron chi connectivity index (χ1n) is 7.61. The normalized spacial score (nSPS) is 15.5. The zero-order valence-electron chi connectivity index (χ0n) is 13.3. The fourth-order valence-electron chi connectivity index (χ4n) is 2.55. The van der Waals surface area contributed by atoms with Crippen molar-refractivity contribution in [1.29, 1.82) is 0 Å². The number of hydrogen-bond acceptors (Lipinski definition) is 7. The van der Waals surface area contributed by atoms with Crippen LogP contribution in [-0.2, 0) is 0 Å². The first-order valence-corrected chi connectivity index (χ1v) is 7.99. The highest BCUT2D eigenvalue weighted by Crippen LogP contribution is 2.19. The molecule has 0 unspecified atom stereocenters. The minimum Gasteiger partial charge on any atom is -0.367 e. The summed E-state index contributed by atoms with van der Waals surface area (Å²) < 4.78 is 0. The standard InChI is InChI=1S/C15H20ClN7/c1-22(2)15-17-6-3-13(21-15)20-12-4-7-23(8-5-12)14-18-9-11(16)10-19-14/h3,6,9-10,12H,4-5,7-8H2,1-2H3,(H,17,20,21). The first kappa shape index (κ1) is 15.7. The third-order valence-corrected chi connectivity index (χ3v) is 3.97. The largest absolute Gasteiger partial charge is 0.367 e. The molecule has 2 aromatic rings. The van der Waals surface area contributed by atoms with Gasteiger partial charge in [0.15, 0.2) is 0 Å². The molecule has 1 aliphatic heterocycles. The summed E-state index contributed by atoms with van der Waals surface area (Å²) in [6, 6.07) is 2.30. The van der Waals surface area contributed by atoms with E-state index in [4.69, 9.17) is 11.6 Å². The fraction of sp³-hybridized carbons (Fsp3) is 0.467. The lowest BCUT2D eigenvalue weighted by Crippen LogP contribution is -2.40. The Morgan fingerprint density at radius 2 is 1.87 bits per heavy atom. The van der Waals surface area contributed by atoms with Gasteiger partial charge in [-0.3, -0.25) is 0 Å². The van der Waals surface area contributed by atoms with Gasteiger partial charge in [0, 0.05) is 39.4 Å². The molecule has 1 N–H and O–H groups in total. The van der Waals surface area contributed by atoms with Crippen molar-refractivity contribution in [2.75, 3.05) is 42.3 Å². The van der Waals surface area contributed by atoms with E-state index in [2.05, 4.69) is 30.2 Å². The summed E-state index contributed by atoms with van der Waals surface area (Å²) in [5, 5.41) is 4.05. The summed E-state index contributed by atoms with van der Waals surface area (Å²) in [7, 11) is 3.87. The molecule has 0 bridgehead atoms. The van der Waals surface area contributed by atoms with E-state index in [9.17, 15) is 0 Å². The smallest absolute Gasteiger partial charge is 0.226 e. The maximum atomic E-state index is 5.83. The third-order valence-electron chi connectivity index (χ3n) is 3.78. The molecular weight excluding hydrogens is 314 g/mol. The molecule has 0 aromatic carbocycles. The van der Waals surface area contributed by atoms with Gasteiger partial charge in [-0.15, -0.1) is 0 Å². The molecule has 0 radical (unpaired) electrons. The van der Waals surface area contributed by atoms with Gasteiger partial charge in [0.2, 0.25) is 11.9 Å². The molecule has 2 aromatic heterocycles. The Kier molecular flexibility index (Phi) is 4.76. The molecule has 0 amide bonds. The van der Waals surface area contributed by atoms with Crippen LogP contribution in [0.1, 0.15) is 12.8 Å². The minimum absolute atomic E-state index is 0.392. The van der Waals surface area contributed by atoms with E-state index >= 15 is 0 Å². The maximum absolute atomic E-state index is 5.83. The summed E-state index contributed by atoms with van der Waals surface area (Å²) in [6.45, 7) is 1.82. The van der Waals surface area contributed by atoms with E-state index in [-0.39, 0.29) is 0 Å². The highest BCUT2D eigenvalue weighted by molar-refractivity contribution is 6.30. The molecule has 0 atom stereocenters. The molecule has 7 nitrogen and oxygen atoms in total. The molecule has 1 saturated heterocycles. The van der Waals surface area contributed by atoms with Crippen LogP contribution < -0.4 is 15.1 Å². The molecule has 23 heavy (non-hydrogen) atoms. The Bertz CT molecular complexity index is 639. The molecule has 8 heteroatoms. The van der Waals surface area contributed by atoms with E-state index in [1.54, 1.807) is 18.6 Å². The molecule has 1 aliphatic rings. The van der Waals surface area contributed by atoms with Crippen LogP contribution in [0, 0.1) is 0 Å². The SMILES string of the molecule is CN(C)c1nccc(NC2CCN(c3ncc(Cl)cn3)CC2)n1. The maximum Gasteiger partial charge on any atom is 0.226 e. The number of hydrogen-bond donors (Lipinski definition) is 1. The van der Waals surface area contributed by atoms with Gasteiger partial charge in [0.05, 0.1) is 17.4 Å². The Morgan fingerprint density at radius 3 is 2.52 bits per heavy atom. The molecule has 0 saturated carbocycles. The van der Waals surface area contributed by atoms with Crippen LogP contribution in [0.5, 0.6) is 0 Å². The zero-order valence-corrected chi connectivity index (χ0v) is 14.0. The van der Waals surface area contributed by atoms with Gasteiger partial charge in [0.25, 0.3) is 0 Å². The Balaban J connectivity index is 1.57. The van der Waals surface area contributed by atoms with E-state index in [1.807, 2.05) is 25.1 Å². The van der Waals surface area contributed by atoms with Crippen LogP contribution in [0.2, 0.25) is 5.02 Å². The van der Waals surface area contributed by atoms with E-state index in [0.29, 0.717) is 17.0 Å². The van der Waals surface area contributed by atoms with Crippen LogP contribution in [0.3, 0.4) is 0 Å². The van der Waals surface area contributed by atoms with Gasteiger partial charge in [-0.1, -0.05) is 11.6 Å². The lowest BCUT2D eigenvalue weighted by atomic mass is 10.1. The number of piperidine rings is 1. The van der Waals surface area contributed by atoms with Crippen LogP contribution in [0.25, 0.3) is 0 Å². The van der Waals surface area contributed by atoms with E-state index in [1.165, 1.54) is 0 Å². The number of nitrogens with zero attached hydrogens (tertiary/aromatic N) is 6. The van der Waals surface area contributed by atoms with Crippen molar-refractivity contribution in [3.8, 4) is 0 Å². The van der Waals surface area contributed by atoms with Crippen molar-refractivity contribution in [2.24, 2.45) is 0 Å². The van der Waals surface area contributed by atoms with Gasteiger partial charge in [0.1, 0.15) is 5.82 Å². The minimum atomic E-state index is 0.392. The molecule has 1 fully saturated rings. The van der Waals surface area contributed by atoms with E-state index in [0.717, 1.165) is 37.7 Å². The molecular formula is C15H20ClN7. The second kappa shape index (κ2) is 6.95. The van der Waals surface area contributed by atoms with Gasteiger partial charge < -0.3 is 15.1 Å². The van der Waals surface area contributed by atoms with Gasteiger partial charge in [-0.25, -0.2) is 15.0 Å². The van der Waals surface area contributed by atoms with Gasteiger partial charge in [-0.05, 0) is 18.9 Å². The summed E-state index contributed by atoms with van der Waals surface area (Å²) in [5.41, 5.74) is 0. The van der Waals surface area contributed by atoms with Crippen LogP contribution >= 0.6 is 11.6 Å². The number of aromatic nitrogens is 4.